The van der Waals surface area contributed by atoms with E-state index in [4.69, 9.17) is 4.52 Å². The number of hydrogen-bond acceptors (Lipinski definition) is 5. The number of aryl methyl sites for hydroxylation is 1. The molecule has 1 aromatic heterocycles. The van der Waals surface area contributed by atoms with Gasteiger partial charge in [-0.2, -0.15) is 4.98 Å². The minimum absolute atomic E-state index is 0. The molecule has 2 fully saturated rings. The number of carbonyl (C=O) groups excluding carboxylic acids is 1. The number of halogens is 1. The van der Waals surface area contributed by atoms with Gasteiger partial charge in [0.1, 0.15) is 0 Å². The Labute approximate surface area is 172 Å². The summed E-state index contributed by atoms with van der Waals surface area (Å²) in [6.45, 7) is 6.02. The monoisotopic (exact) mass is 404 g/mol. The van der Waals surface area contributed by atoms with E-state index >= 15 is 0 Å². The van der Waals surface area contributed by atoms with Crippen molar-refractivity contribution in [1.82, 2.24) is 20.4 Å². The van der Waals surface area contributed by atoms with Crippen LogP contribution in [0.25, 0.3) is 11.4 Å². The molecule has 1 amide bonds. The van der Waals surface area contributed by atoms with Gasteiger partial charge < -0.3 is 14.7 Å². The highest BCUT2D eigenvalue weighted by Gasteiger charge is 2.31. The van der Waals surface area contributed by atoms with E-state index in [0.717, 1.165) is 25.1 Å². The minimum Gasteiger partial charge on any atom is -0.341 e. The quantitative estimate of drug-likeness (QED) is 0.824. The standard InChI is InChI=1S/C21H28N4O2.ClH/c1-14(2)15-3-5-16(6-4-15)21-23-19(27-24-21)9-10-20(26)25-12-11-17-7-8-18(13-25)22-17;/h3-6,14,17-18,22H,7-13H2,1-2H3;1H. The van der Waals surface area contributed by atoms with Gasteiger partial charge in [0, 0.05) is 43.6 Å². The van der Waals surface area contributed by atoms with Crippen LogP contribution in [-0.2, 0) is 11.2 Å². The SMILES string of the molecule is CC(C)c1ccc(-c2noc(CCC(=O)N3CCC4CCC(C3)N4)n2)cc1.Cl. The Bertz CT molecular complexity index is 790. The van der Waals surface area contributed by atoms with E-state index in [1.165, 1.54) is 18.4 Å². The first-order valence-electron chi connectivity index (χ1n) is 10.0. The van der Waals surface area contributed by atoms with Crippen molar-refractivity contribution in [3.63, 3.8) is 0 Å². The van der Waals surface area contributed by atoms with Crippen molar-refractivity contribution in [2.24, 2.45) is 0 Å². The predicted molar refractivity (Wildman–Crippen MR) is 111 cm³/mol. The molecular weight excluding hydrogens is 376 g/mol. The fourth-order valence-electron chi connectivity index (χ4n) is 4.03. The minimum atomic E-state index is 0. The number of aromatic nitrogens is 2. The molecule has 0 aliphatic carbocycles. The fraction of sp³-hybridized carbons (Fsp3) is 0.571. The summed E-state index contributed by atoms with van der Waals surface area (Å²) in [5, 5.41) is 7.69. The summed E-state index contributed by atoms with van der Waals surface area (Å²) in [6.07, 6.45) is 4.39. The number of carbonyl (C=O) groups is 1. The lowest BCUT2D eigenvalue weighted by Gasteiger charge is -2.24. The number of hydrogen-bond donors (Lipinski definition) is 1. The normalized spacial score (nSPS) is 21.5. The molecule has 7 heteroatoms. The van der Waals surface area contributed by atoms with Gasteiger partial charge in [-0.3, -0.25) is 4.79 Å². The van der Waals surface area contributed by atoms with E-state index in [1.54, 1.807) is 0 Å². The van der Waals surface area contributed by atoms with Gasteiger partial charge in [-0.1, -0.05) is 43.3 Å². The zero-order valence-electron chi connectivity index (χ0n) is 16.6. The molecule has 0 radical (unpaired) electrons. The third kappa shape index (κ3) is 4.73. The van der Waals surface area contributed by atoms with E-state index in [-0.39, 0.29) is 18.3 Å². The van der Waals surface area contributed by atoms with Gasteiger partial charge in [0.05, 0.1) is 0 Å². The Hall–Kier alpha value is -1.92. The fourth-order valence-corrected chi connectivity index (χ4v) is 4.03. The maximum atomic E-state index is 12.6. The summed E-state index contributed by atoms with van der Waals surface area (Å²) < 4.78 is 5.36. The molecule has 4 rings (SSSR count). The van der Waals surface area contributed by atoms with Crippen LogP contribution in [-0.4, -0.2) is 46.1 Å². The molecule has 2 bridgehead atoms. The molecule has 2 aliphatic heterocycles. The van der Waals surface area contributed by atoms with Crippen LogP contribution in [0.4, 0.5) is 0 Å². The van der Waals surface area contributed by atoms with Crippen molar-refractivity contribution in [3.8, 4) is 11.4 Å². The van der Waals surface area contributed by atoms with E-state index in [2.05, 4.69) is 41.4 Å². The lowest BCUT2D eigenvalue weighted by atomic mass is 10.0. The second kappa shape index (κ2) is 9.05. The summed E-state index contributed by atoms with van der Waals surface area (Å²) in [4.78, 5) is 19.1. The number of nitrogens with one attached hydrogen (secondary N) is 1. The molecule has 1 N–H and O–H groups in total. The van der Waals surface area contributed by atoms with Gasteiger partial charge in [-0.25, -0.2) is 0 Å². The number of benzene rings is 1. The van der Waals surface area contributed by atoms with Crippen molar-refractivity contribution < 1.29 is 9.32 Å². The zero-order valence-corrected chi connectivity index (χ0v) is 17.4. The van der Waals surface area contributed by atoms with Crippen molar-refractivity contribution in [3.05, 3.63) is 35.7 Å². The maximum absolute atomic E-state index is 12.6. The Morgan fingerprint density at radius 1 is 1.21 bits per heavy atom. The second-order valence-electron chi connectivity index (χ2n) is 8.05. The highest BCUT2D eigenvalue weighted by atomic mass is 35.5. The van der Waals surface area contributed by atoms with E-state index in [0.29, 0.717) is 42.6 Å². The predicted octanol–water partition coefficient (Wildman–Crippen LogP) is 3.57. The molecule has 2 aliphatic rings. The molecule has 28 heavy (non-hydrogen) atoms. The summed E-state index contributed by atoms with van der Waals surface area (Å²) in [5.74, 6) is 1.80. The molecular formula is C21H29ClN4O2. The Morgan fingerprint density at radius 3 is 2.71 bits per heavy atom. The molecule has 3 heterocycles. The van der Waals surface area contributed by atoms with Crippen LogP contribution in [0.5, 0.6) is 0 Å². The van der Waals surface area contributed by atoms with E-state index in [9.17, 15) is 4.79 Å². The van der Waals surface area contributed by atoms with E-state index in [1.807, 2.05) is 17.0 Å². The van der Waals surface area contributed by atoms with Crippen LogP contribution < -0.4 is 5.32 Å². The smallest absolute Gasteiger partial charge is 0.227 e. The van der Waals surface area contributed by atoms with Gasteiger partial charge in [0.2, 0.25) is 17.6 Å². The summed E-state index contributed by atoms with van der Waals surface area (Å²) in [5.41, 5.74) is 2.23. The van der Waals surface area contributed by atoms with Crippen molar-refractivity contribution in [2.75, 3.05) is 13.1 Å². The summed E-state index contributed by atoms with van der Waals surface area (Å²) in [6, 6.07) is 9.29. The Balaban J connectivity index is 0.00000225. The molecule has 1 aromatic carbocycles. The van der Waals surface area contributed by atoms with Crippen LogP contribution in [0.2, 0.25) is 0 Å². The van der Waals surface area contributed by atoms with Gasteiger partial charge in [0.25, 0.3) is 0 Å². The lowest BCUT2D eigenvalue weighted by molar-refractivity contribution is -0.131. The van der Waals surface area contributed by atoms with Gasteiger partial charge in [-0.05, 0) is 30.7 Å². The molecule has 2 aromatic rings. The largest absolute Gasteiger partial charge is 0.341 e. The first-order chi connectivity index (χ1) is 13.1. The van der Waals surface area contributed by atoms with Crippen molar-refractivity contribution in [1.29, 1.82) is 0 Å². The number of fused-ring (bicyclic) bond motifs is 2. The Morgan fingerprint density at radius 2 is 1.96 bits per heavy atom. The van der Waals surface area contributed by atoms with Crippen molar-refractivity contribution >= 4 is 18.3 Å². The van der Waals surface area contributed by atoms with Crippen molar-refractivity contribution in [2.45, 2.75) is 64.0 Å². The number of likely N-dealkylation sites (tertiary alicyclic amines) is 1. The first-order valence-corrected chi connectivity index (χ1v) is 10.0. The van der Waals surface area contributed by atoms with Crippen LogP contribution in [0.15, 0.2) is 28.8 Å². The topological polar surface area (TPSA) is 71.3 Å². The Kier molecular flexibility index (Phi) is 6.73. The lowest BCUT2D eigenvalue weighted by Crippen LogP contribution is -2.39. The van der Waals surface area contributed by atoms with Crippen LogP contribution in [0.3, 0.4) is 0 Å². The van der Waals surface area contributed by atoms with Gasteiger partial charge in [-0.15, -0.1) is 12.4 Å². The third-order valence-corrected chi connectivity index (χ3v) is 5.73. The van der Waals surface area contributed by atoms with Gasteiger partial charge in [0.15, 0.2) is 0 Å². The number of amides is 1. The van der Waals surface area contributed by atoms with E-state index < -0.39 is 0 Å². The maximum Gasteiger partial charge on any atom is 0.227 e. The van der Waals surface area contributed by atoms with Gasteiger partial charge >= 0.3 is 0 Å². The van der Waals surface area contributed by atoms with Crippen LogP contribution >= 0.6 is 12.4 Å². The molecule has 0 saturated carbocycles. The average molecular weight is 405 g/mol. The molecule has 2 atom stereocenters. The second-order valence-corrected chi connectivity index (χ2v) is 8.05. The van der Waals surface area contributed by atoms with Crippen LogP contribution in [0.1, 0.15) is 56.9 Å². The number of nitrogens with zero attached hydrogens (tertiary/aromatic N) is 3. The molecule has 6 nitrogen and oxygen atoms in total. The number of rotatable bonds is 5. The summed E-state index contributed by atoms with van der Waals surface area (Å²) in [7, 11) is 0. The molecule has 152 valence electrons. The highest BCUT2D eigenvalue weighted by Crippen LogP contribution is 2.22. The first kappa shape index (κ1) is 20.8. The highest BCUT2D eigenvalue weighted by molar-refractivity contribution is 5.85. The average Bonchev–Trinajstić information content (AvgIpc) is 3.26. The zero-order chi connectivity index (χ0) is 18.8. The van der Waals surface area contributed by atoms with Crippen LogP contribution in [0, 0.1) is 0 Å². The molecule has 2 saturated heterocycles. The molecule has 0 spiro atoms. The molecule has 2 unspecified atom stereocenters. The third-order valence-electron chi connectivity index (χ3n) is 5.73. The summed E-state index contributed by atoms with van der Waals surface area (Å²) >= 11 is 0.